The van der Waals surface area contributed by atoms with E-state index in [2.05, 4.69) is 20.8 Å². The summed E-state index contributed by atoms with van der Waals surface area (Å²) in [5.41, 5.74) is 2.63. The molecule has 2 rings (SSSR count). The summed E-state index contributed by atoms with van der Waals surface area (Å²) in [6.07, 6.45) is 0.910. The van der Waals surface area contributed by atoms with Crippen molar-refractivity contribution in [2.75, 3.05) is 33.7 Å². The molecule has 1 aromatic rings. The van der Waals surface area contributed by atoms with Gasteiger partial charge >= 0.3 is 0 Å². The van der Waals surface area contributed by atoms with Crippen LogP contribution in [0.25, 0.3) is 0 Å². The van der Waals surface area contributed by atoms with Gasteiger partial charge in [0.2, 0.25) is 0 Å². The highest BCUT2D eigenvalue weighted by Gasteiger charge is 2.20. The molecule has 0 unspecified atom stereocenters. The molecule has 6 heteroatoms. The molecule has 0 aromatic carbocycles. The molecule has 0 radical (unpaired) electrons. The van der Waals surface area contributed by atoms with Crippen LogP contribution in [0.4, 0.5) is 0 Å². The lowest BCUT2D eigenvalue weighted by Gasteiger charge is -2.13. The third-order valence-corrected chi connectivity index (χ3v) is 2.87. The minimum Gasteiger partial charge on any atom is -0.349 e. The van der Waals surface area contributed by atoms with E-state index in [-0.39, 0.29) is 5.91 Å². The molecule has 0 atom stereocenters. The summed E-state index contributed by atoms with van der Waals surface area (Å²) in [5, 5.41) is 13.2. The molecular weight excluding hydrogens is 218 g/mol. The van der Waals surface area contributed by atoms with Crippen LogP contribution in [0.2, 0.25) is 0 Å². The zero-order valence-corrected chi connectivity index (χ0v) is 10.3. The second-order valence-corrected chi connectivity index (χ2v) is 4.52. The van der Waals surface area contributed by atoms with E-state index >= 15 is 0 Å². The van der Waals surface area contributed by atoms with Gasteiger partial charge in [-0.3, -0.25) is 9.89 Å². The summed E-state index contributed by atoms with van der Waals surface area (Å²) >= 11 is 0. The van der Waals surface area contributed by atoms with E-state index in [1.54, 1.807) is 0 Å². The Morgan fingerprint density at radius 1 is 1.53 bits per heavy atom. The van der Waals surface area contributed by atoms with Crippen LogP contribution in [0, 0.1) is 0 Å². The van der Waals surface area contributed by atoms with E-state index in [4.69, 9.17) is 0 Å². The Morgan fingerprint density at radius 2 is 2.35 bits per heavy atom. The lowest BCUT2D eigenvalue weighted by Crippen LogP contribution is -2.33. The SMILES string of the molecule is CN(C)CCNC(=O)c1n[nH]c2c1CNCC2. The van der Waals surface area contributed by atoms with E-state index in [1.165, 1.54) is 0 Å². The summed E-state index contributed by atoms with van der Waals surface area (Å²) < 4.78 is 0. The van der Waals surface area contributed by atoms with Crippen molar-refractivity contribution in [1.29, 1.82) is 0 Å². The number of nitrogens with zero attached hydrogens (tertiary/aromatic N) is 2. The summed E-state index contributed by atoms with van der Waals surface area (Å²) in [5.74, 6) is -0.0898. The van der Waals surface area contributed by atoms with Crippen LogP contribution >= 0.6 is 0 Å². The molecule has 0 aliphatic carbocycles. The predicted molar refractivity (Wildman–Crippen MR) is 64.9 cm³/mol. The van der Waals surface area contributed by atoms with Crippen LogP contribution < -0.4 is 10.6 Å². The van der Waals surface area contributed by atoms with Crippen LogP contribution in [0.5, 0.6) is 0 Å². The number of nitrogens with one attached hydrogen (secondary N) is 3. The summed E-state index contributed by atoms with van der Waals surface area (Å²) in [6, 6.07) is 0. The van der Waals surface area contributed by atoms with Crippen LogP contribution in [0.3, 0.4) is 0 Å². The van der Waals surface area contributed by atoms with Gasteiger partial charge < -0.3 is 15.5 Å². The average Bonchev–Trinajstić information content (AvgIpc) is 2.72. The highest BCUT2D eigenvalue weighted by atomic mass is 16.1. The maximum atomic E-state index is 11.9. The van der Waals surface area contributed by atoms with Gasteiger partial charge in [-0.15, -0.1) is 0 Å². The molecule has 94 valence electrons. The monoisotopic (exact) mass is 237 g/mol. The summed E-state index contributed by atoms with van der Waals surface area (Å²) in [7, 11) is 3.96. The number of hydrogen-bond acceptors (Lipinski definition) is 4. The minimum atomic E-state index is -0.0898. The Balaban J connectivity index is 1.97. The Labute approximate surface area is 101 Å². The highest BCUT2D eigenvalue weighted by molar-refractivity contribution is 5.94. The Hall–Kier alpha value is -1.40. The van der Waals surface area contributed by atoms with Gasteiger partial charge in [-0.05, 0) is 14.1 Å². The van der Waals surface area contributed by atoms with Gasteiger partial charge in [-0.25, -0.2) is 0 Å². The molecule has 17 heavy (non-hydrogen) atoms. The largest absolute Gasteiger partial charge is 0.349 e. The van der Waals surface area contributed by atoms with Crippen molar-refractivity contribution in [3.8, 4) is 0 Å². The Morgan fingerprint density at radius 3 is 3.12 bits per heavy atom. The van der Waals surface area contributed by atoms with Gasteiger partial charge in [0.15, 0.2) is 5.69 Å². The molecule has 1 aromatic heterocycles. The molecule has 1 aliphatic rings. The van der Waals surface area contributed by atoms with Crippen molar-refractivity contribution in [2.45, 2.75) is 13.0 Å². The Kier molecular flexibility index (Phi) is 3.75. The van der Waals surface area contributed by atoms with Gasteiger partial charge in [0.1, 0.15) is 0 Å². The highest BCUT2D eigenvalue weighted by Crippen LogP contribution is 2.14. The number of fused-ring (bicyclic) bond motifs is 1. The molecule has 0 saturated heterocycles. The van der Waals surface area contributed by atoms with E-state index < -0.39 is 0 Å². The standard InChI is InChI=1S/C11H19N5O/c1-16(2)6-5-13-11(17)10-8-7-12-4-3-9(8)14-15-10/h12H,3-7H2,1-2H3,(H,13,17)(H,14,15). The van der Waals surface area contributed by atoms with Crippen LogP contribution in [0.1, 0.15) is 21.7 Å². The quantitative estimate of drug-likeness (QED) is 0.650. The first kappa shape index (κ1) is 12.1. The number of aromatic nitrogens is 2. The van der Waals surface area contributed by atoms with Crippen molar-refractivity contribution >= 4 is 5.91 Å². The fourth-order valence-electron chi connectivity index (χ4n) is 1.89. The van der Waals surface area contributed by atoms with Crippen molar-refractivity contribution in [1.82, 2.24) is 25.7 Å². The number of aromatic amines is 1. The second kappa shape index (κ2) is 5.29. The third kappa shape index (κ3) is 2.83. The first-order chi connectivity index (χ1) is 8.18. The molecule has 0 spiro atoms. The maximum Gasteiger partial charge on any atom is 0.272 e. The molecule has 6 nitrogen and oxygen atoms in total. The maximum absolute atomic E-state index is 11.9. The lowest BCUT2D eigenvalue weighted by atomic mass is 10.1. The number of carbonyl (C=O) groups excluding carboxylic acids is 1. The normalized spacial score (nSPS) is 14.8. The van der Waals surface area contributed by atoms with Crippen molar-refractivity contribution in [3.63, 3.8) is 0 Å². The fraction of sp³-hybridized carbons (Fsp3) is 0.636. The van der Waals surface area contributed by atoms with E-state index in [9.17, 15) is 4.79 Å². The number of hydrogen-bond donors (Lipinski definition) is 3. The molecule has 0 fully saturated rings. The van der Waals surface area contributed by atoms with Crippen molar-refractivity contribution in [2.24, 2.45) is 0 Å². The van der Waals surface area contributed by atoms with Gasteiger partial charge in [-0.2, -0.15) is 5.10 Å². The smallest absolute Gasteiger partial charge is 0.272 e. The zero-order valence-electron chi connectivity index (χ0n) is 10.3. The molecule has 1 amide bonds. The molecule has 3 N–H and O–H groups in total. The van der Waals surface area contributed by atoms with E-state index in [1.807, 2.05) is 19.0 Å². The number of amides is 1. The molecule has 0 saturated carbocycles. The average molecular weight is 237 g/mol. The van der Waals surface area contributed by atoms with Crippen LogP contribution in [0.15, 0.2) is 0 Å². The number of carbonyl (C=O) groups is 1. The summed E-state index contributed by atoms with van der Waals surface area (Å²) in [4.78, 5) is 13.9. The molecule has 1 aliphatic heterocycles. The molecular formula is C11H19N5O. The Bertz CT molecular complexity index is 399. The first-order valence-corrected chi connectivity index (χ1v) is 5.88. The lowest BCUT2D eigenvalue weighted by molar-refractivity contribution is 0.0945. The number of likely N-dealkylation sites (N-methyl/N-ethyl adjacent to an activating group) is 1. The van der Waals surface area contributed by atoms with Crippen LogP contribution in [-0.4, -0.2) is 54.7 Å². The van der Waals surface area contributed by atoms with Crippen molar-refractivity contribution < 1.29 is 4.79 Å². The second-order valence-electron chi connectivity index (χ2n) is 4.52. The summed E-state index contributed by atoms with van der Waals surface area (Å²) in [6.45, 7) is 3.14. The van der Waals surface area contributed by atoms with Crippen LogP contribution in [-0.2, 0) is 13.0 Å². The molecule has 0 bridgehead atoms. The van der Waals surface area contributed by atoms with Crippen molar-refractivity contribution in [3.05, 3.63) is 17.0 Å². The van der Waals surface area contributed by atoms with Gasteiger partial charge in [-0.1, -0.05) is 0 Å². The van der Waals surface area contributed by atoms with Gasteiger partial charge in [0.25, 0.3) is 5.91 Å². The number of H-pyrrole nitrogens is 1. The first-order valence-electron chi connectivity index (χ1n) is 5.88. The fourth-order valence-corrected chi connectivity index (χ4v) is 1.89. The van der Waals surface area contributed by atoms with E-state index in [0.29, 0.717) is 12.2 Å². The minimum absolute atomic E-state index is 0.0898. The predicted octanol–water partition coefficient (Wildman–Crippen LogP) is -0.653. The third-order valence-electron chi connectivity index (χ3n) is 2.87. The van der Waals surface area contributed by atoms with Gasteiger partial charge in [0.05, 0.1) is 0 Å². The zero-order chi connectivity index (χ0) is 12.3. The number of rotatable bonds is 4. The van der Waals surface area contributed by atoms with E-state index in [0.717, 1.165) is 37.3 Å². The topological polar surface area (TPSA) is 73.0 Å². The molecule has 2 heterocycles. The van der Waals surface area contributed by atoms with Gasteiger partial charge in [0, 0.05) is 43.9 Å².